The van der Waals surface area contributed by atoms with Crippen LogP contribution in [0.25, 0.3) is 0 Å². The van der Waals surface area contributed by atoms with Crippen LogP contribution in [0.3, 0.4) is 0 Å². The minimum atomic E-state index is 0.956. The fourth-order valence-corrected chi connectivity index (χ4v) is 4.13. The van der Waals surface area contributed by atoms with E-state index < -0.39 is 0 Å². The number of hydrogen-bond donors (Lipinski definition) is 0. The molecule has 0 heterocycles. The molecule has 0 saturated heterocycles. The molecule has 0 aliphatic heterocycles. The molecule has 0 aromatic rings. The molecule has 0 heteroatoms. The predicted molar refractivity (Wildman–Crippen MR) is 87.4 cm³/mol. The molecule has 19 heavy (non-hydrogen) atoms. The zero-order chi connectivity index (χ0) is 14.1. The van der Waals surface area contributed by atoms with Crippen molar-refractivity contribution in [1.82, 2.24) is 0 Å². The maximum atomic E-state index is 2.54. The van der Waals surface area contributed by atoms with Gasteiger partial charge < -0.3 is 0 Å². The highest BCUT2D eigenvalue weighted by Crippen LogP contribution is 2.35. The zero-order valence-corrected chi connectivity index (χ0v) is 14.1. The van der Waals surface area contributed by atoms with Gasteiger partial charge in [0, 0.05) is 0 Å². The number of rotatable bonds is 7. The summed E-state index contributed by atoms with van der Waals surface area (Å²) in [6.07, 6.45) is 16.2. The molecule has 0 radical (unpaired) electrons. The van der Waals surface area contributed by atoms with E-state index in [1.807, 2.05) is 0 Å². The van der Waals surface area contributed by atoms with Crippen molar-refractivity contribution >= 4 is 0 Å². The quantitative estimate of drug-likeness (QED) is 0.473. The van der Waals surface area contributed by atoms with E-state index in [4.69, 9.17) is 0 Å². The van der Waals surface area contributed by atoms with Crippen LogP contribution in [-0.4, -0.2) is 0 Å². The van der Waals surface area contributed by atoms with Crippen molar-refractivity contribution in [3.05, 3.63) is 0 Å². The molecule has 4 atom stereocenters. The minimum absolute atomic E-state index is 0.956. The maximum absolute atomic E-state index is 2.54. The lowest BCUT2D eigenvalue weighted by molar-refractivity contribution is 0.211. The molecule has 0 amide bonds. The lowest BCUT2D eigenvalue weighted by Gasteiger charge is -2.30. The molecule has 0 bridgehead atoms. The van der Waals surface area contributed by atoms with Gasteiger partial charge >= 0.3 is 0 Å². The summed E-state index contributed by atoms with van der Waals surface area (Å²) in [5.41, 5.74) is 0. The minimum Gasteiger partial charge on any atom is -0.0654 e. The molecule has 4 unspecified atom stereocenters. The van der Waals surface area contributed by atoms with Gasteiger partial charge in [0.05, 0.1) is 0 Å². The van der Waals surface area contributed by atoms with Gasteiger partial charge in [-0.25, -0.2) is 0 Å². The van der Waals surface area contributed by atoms with Gasteiger partial charge in [-0.2, -0.15) is 0 Å². The van der Waals surface area contributed by atoms with Crippen LogP contribution in [-0.2, 0) is 0 Å². The van der Waals surface area contributed by atoms with Crippen molar-refractivity contribution in [2.75, 3.05) is 0 Å². The molecule has 0 nitrogen and oxygen atoms in total. The summed E-state index contributed by atoms with van der Waals surface area (Å²) in [4.78, 5) is 0. The van der Waals surface area contributed by atoms with Crippen molar-refractivity contribution < 1.29 is 0 Å². The monoisotopic (exact) mass is 266 g/mol. The zero-order valence-electron chi connectivity index (χ0n) is 14.1. The first-order valence-corrected chi connectivity index (χ1v) is 9.17. The summed E-state index contributed by atoms with van der Waals surface area (Å²) in [6.45, 7) is 9.69. The fourth-order valence-electron chi connectivity index (χ4n) is 4.13. The van der Waals surface area contributed by atoms with Gasteiger partial charge in [0.15, 0.2) is 0 Å². The summed E-state index contributed by atoms with van der Waals surface area (Å²) >= 11 is 0. The fraction of sp³-hybridized carbons (Fsp3) is 1.00. The molecule has 0 aromatic carbocycles. The molecule has 0 N–H and O–H groups in total. The summed E-state index contributed by atoms with van der Waals surface area (Å²) in [7, 11) is 0. The van der Waals surface area contributed by atoms with Crippen LogP contribution in [0.4, 0.5) is 0 Å². The van der Waals surface area contributed by atoms with Crippen LogP contribution >= 0.6 is 0 Å². The standard InChI is InChI=1S/C19H38/c1-5-10-16(3)11-9-14-19-13-8-7-12-18(6-2)15-17(19)4/h16-19H,5-15H2,1-4H3. The van der Waals surface area contributed by atoms with Gasteiger partial charge in [-0.15, -0.1) is 0 Å². The second-order valence-corrected chi connectivity index (χ2v) is 7.36. The third-order valence-corrected chi connectivity index (χ3v) is 5.58. The molecule has 1 aliphatic rings. The van der Waals surface area contributed by atoms with E-state index in [9.17, 15) is 0 Å². The molecule has 1 saturated carbocycles. The first kappa shape index (κ1) is 17.1. The van der Waals surface area contributed by atoms with Gasteiger partial charge in [-0.05, 0) is 30.1 Å². The van der Waals surface area contributed by atoms with Crippen molar-refractivity contribution in [1.29, 1.82) is 0 Å². The third-order valence-electron chi connectivity index (χ3n) is 5.58. The second-order valence-electron chi connectivity index (χ2n) is 7.36. The van der Waals surface area contributed by atoms with Crippen molar-refractivity contribution in [2.45, 2.75) is 98.3 Å². The maximum Gasteiger partial charge on any atom is -0.0388 e. The molecule has 1 aliphatic carbocycles. The average molecular weight is 267 g/mol. The van der Waals surface area contributed by atoms with Crippen LogP contribution in [0.2, 0.25) is 0 Å². The molecule has 1 fully saturated rings. The molecular formula is C19H38. The van der Waals surface area contributed by atoms with Crippen LogP contribution in [0.1, 0.15) is 98.3 Å². The van der Waals surface area contributed by atoms with Gasteiger partial charge in [0.2, 0.25) is 0 Å². The summed E-state index contributed by atoms with van der Waals surface area (Å²) in [5.74, 6) is 3.99. The van der Waals surface area contributed by atoms with Crippen LogP contribution < -0.4 is 0 Å². The molecule has 0 spiro atoms. The molecule has 0 aromatic heterocycles. The lowest BCUT2D eigenvalue weighted by Crippen LogP contribution is -2.19. The van der Waals surface area contributed by atoms with E-state index in [0.29, 0.717) is 0 Å². The van der Waals surface area contributed by atoms with E-state index in [0.717, 1.165) is 23.7 Å². The third kappa shape index (κ3) is 6.82. The van der Waals surface area contributed by atoms with E-state index in [1.165, 1.54) is 70.6 Å². The van der Waals surface area contributed by atoms with Gasteiger partial charge in [0.25, 0.3) is 0 Å². The Kier molecular flexibility index (Phi) is 8.83. The Labute approximate surface area is 122 Å². The lowest BCUT2D eigenvalue weighted by atomic mass is 9.75. The highest BCUT2D eigenvalue weighted by atomic mass is 14.3. The molecule has 114 valence electrons. The first-order valence-electron chi connectivity index (χ1n) is 9.17. The van der Waals surface area contributed by atoms with E-state index in [-0.39, 0.29) is 0 Å². The molecule has 1 rings (SSSR count). The number of hydrogen-bond acceptors (Lipinski definition) is 0. The average Bonchev–Trinajstić information content (AvgIpc) is 2.37. The van der Waals surface area contributed by atoms with Crippen molar-refractivity contribution in [3.8, 4) is 0 Å². The Bertz CT molecular complexity index is 208. The van der Waals surface area contributed by atoms with Crippen molar-refractivity contribution in [2.24, 2.45) is 23.7 Å². The van der Waals surface area contributed by atoms with E-state index in [2.05, 4.69) is 27.7 Å². The van der Waals surface area contributed by atoms with Crippen molar-refractivity contribution in [3.63, 3.8) is 0 Å². The Morgan fingerprint density at radius 2 is 1.79 bits per heavy atom. The van der Waals surface area contributed by atoms with Gasteiger partial charge in [0.1, 0.15) is 0 Å². The largest absolute Gasteiger partial charge is 0.0654 e. The topological polar surface area (TPSA) is 0 Å². The van der Waals surface area contributed by atoms with Gasteiger partial charge in [-0.3, -0.25) is 0 Å². The highest BCUT2D eigenvalue weighted by molar-refractivity contribution is 4.74. The smallest absolute Gasteiger partial charge is 0.0388 e. The van der Waals surface area contributed by atoms with Crippen LogP contribution in [0.5, 0.6) is 0 Å². The SMILES string of the molecule is CCCC(C)CCCC1CCCCC(CC)CC1C. The Morgan fingerprint density at radius 1 is 1.05 bits per heavy atom. The van der Waals surface area contributed by atoms with Crippen LogP contribution in [0, 0.1) is 23.7 Å². The Balaban J connectivity index is 2.29. The summed E-state index contributed by atoms with van der Waals surface area (Å²) in [5, 5.41) is 0. The summed E-state index contributed by atoms with van der Waals surface area (Å²) < 4.78 is 0. The second kappa shape index (κ2) is 9.83. The van der Waals surface area contributed by atoms with E-state index in [1.54, 1.807) is 0 Å². The Morgan fingerprint density at radius 3 is 2.47 bits per heavy atom. The normalized spacial score (nSPS) is 30.6. The Hall–Kier alpha value is 0. The molecular weight excluding hydrogens is 228 g/mol. The summed E-state index contributed by atoms with van der Waals surface area (Å²) in [6, 6.07) is 0. The predicted octanol–water partition coefficient (Wildman–Crippen LogP) is 6.84. The van der Waals surface area contributed by atoms with Gasteiger partial charge in [-0.1, -0.05) is 91.9 Å². The first-order chi connectivity index (χ1) is 9.17. The van der Waals surface area contributed by atoms with Crippen LogP contribution in [0.15, 0.2) is 0 Å². The van der Waals surface area contributed by atoms with E-state index >= 15 is 0 Å². The highest BCUT2D eigenvalue weighted by Gasteiger charge is 2.22.